The Hall–Kier alpha value is -1.84. The van der Waals surface area contributed by atoms with Gasteiger partial charge < -0.3 is 9.67 Å². The lowest BCUT2D eigenvalue weighted by Gasteiger charge is -2.08. The third-order valence-corrected chi connectivity index (χ3v) is 3.86. The van der Waals surface area contributed by atoms with E-state index in [2.05, 4.69) is 4.98 Å². The molecule has 3 rings (SSSR count). The highest BCUT2D eigenvalue weighted by Gasteiger charge is 2.21. The smallest absolute Gasteiger partial charge is 0.339 e. The number of carbonyl (C=O) groups is 1. The van der Waals surface area contributed by atoms with Crippen molar-refractivity contribution in [3.05, 3.63) is 29.6 Å². The first-order valence-electron chi connectivity index (χ1n) is 6.36. The van der Waals surface area contributed by atoms with Crippen molar-refractivity contribution >= 4 is 17.0 Å². The number of aromatic carboxylic acids is 1. The molecule has 1 aliphatic carbocycles. The van der Waals surface area contributed by atoms with Gasteiger partial charge in [-0.15, -0.1) is 0 Å². The zero-order valence-corrected chi connectivity index (χ0v) is 10.4. The number of pyridine rings is 1. The topological polar surface area (TPSA) is 55.1 Å². The predicted octanol–water partition coefficient (Wildman–Crippen LogP) is 2.93. The predicted molar refractivity (Wildman–Crippen MR) is 68.9 cm³/mol. The van der Waals surface area contributed by atoms with E-state index in [4.69, 9.17) is 0 Å². The standard InChI is InChI=1S/C14H16N2O2/c1-16-8-10(14(17)18)13-12(16)7-6-11(15-13)9-4-2-3-5-9/h6-9H,2-5H2,1H3,(H,17,18). The molecule has 0 aromatic carbocycles. The van der Waals surface area contributed by atoms with Crippen LogP contribution in [0.2, 0.25) is 0 Å². The Balaban J connectivity index is 2.14. The number of nitrogens with zero attached hydrogens (tertiary/aromatic N) is 2. The third-order valence-electron chi connectivity index (χ3n) is 3.86. The van der Waals surface area contributed by atoms with E-state index in [0.29, 0.717) is 17.0 Å². The molecule has 2 aromatic heterocycles. The van der Waals surface area contributed by atoms with Gasteiger partial charge in [-0.1, -0.05) is 12.8 Å². The van der Waals surface area contributed by atoms with Crippen molar-refractivity contribution < 1.29 is 9.90 Å². The van der Waals surface area contributed by atoms with Crippen molar-refractivity contribution in [3.8, 4) is 0 Å². The molecular formula is C14H16N2O2. The Morgan fingerprint density at radius 1 is 1.39 bits per heavy atom. The van der Waals surface area contributed by atoms with Crippen LogP contribution in [0.1, 0.15) is 47.7 Å². The van der Waals surface area contributed by atoms with Crippen molar-refractivity contribution in [2.24, 2.45) is 7.05 Å². The summed E-state index contributed by atoms with van der Waals surface area (Å²) in [5, 5.41) is 9.20. The maximum atomic E-state index is 11.2. The van der Waals surface area contributed by atoms with Crippen LogP contribution in [-0.4, -0.2) is 20.6 Å². The molecular weight excluding hydrogens is 228 g/mol. The van der Waals surface area contributed by atoms with Gasteiger partial charge >= 0.3 is 5.97 Å². The Labute approximate surface area is 105 Å². The zero-order chi connectivity index (χ0) is 12.7. The van der Waals surface area contributed by atoms with Gasteiger partial charge in [0.2, 0.25) is 0 Å². The average molecular weight is 244 g/mol. The van der Waals surface area contributed by atoms with Gasteiger partial charge in [-0.05, 0) is 25.0 Å². The fourth-order valence-corrected chi connectivity index (χ4v) is 2.88. The normalized spacial score (nSPS) is 16.5. The largest absolute Gasteiger partial charge is 0.478 e. The number of rotatable bonds is 2. The SMILES string of the molecule is Cn1cc(C(=O)O)c2nc(C3CCCC3)ccc21. The molecule has 18 heavy (non-hydrogen) atoms. The zero-order valence-electron chi connectivity index (χ0n) is 10.4. The minimum Gasteiger partial charge on any atom is -0.478 e. The quantitative estimate of drug-likeness (QED) is 0.883. The van der Waals surface area contributed by atoms with Crippen molar-refractivity contribution in [3.63, 3.8) is 0 Å². The van der Waals surface area contributed by atoms with Crippen molar-refractivity contribution in [1.82, 2.24) is 9.55 Å². The summed E-state index contributed by atoms with van der Waals surface area (Å²) in [6.07, 6.45) is 6.50. The lowest BCUT2D eigenvalue weighted by molar-refractivity contribution is 0.0698. The van der Waals surface area contributed by atoms with Crippen molar-refractivity contribution in [2.75, 3.05) is 0 Å². The Bertz CT molecular complexity index is 610. The van der Waals surface area contributed by atoms with E-state index in [1.54, 1.807) is 6.20 Å². The van der Waals surface area contributed by atoms with Crippen LogP contribution in [0.3, 0.4) is 0 Å². The van der Waals surface area contributed by atoms with Gasteiger partial charge in [0, 0.05) is 24.9 Å². The van der Waals surface area contributed by atoms with E-state index in [1.807, 2.05) is 23.7 Å². The number of aromatic nitrogens is 2. The minimum absolute atomic E-state index is 0.298. The van der Waals surface area contributed by atoms with Crippen molar-refractivity contribution in [2.45, 2.75) is 31.6 Å². The summed E-state index contributed by atoms with van der Waals surface area (Å²) in [4.78, 5) is 15.8. The summed E-state index contributed by atoms with van der Waals surface area (Å²) in [6.45, 7) is 0. The summed E-state index contributed by atoms with van der Waals surface area (Å²) in [5.74, 6) is -0.395. The van der Waals surface area contributed by atoms with Crippen LogP contribution in [0.5, 0.6) is 0 Å². The van der Waals surface area contributed by atoms with Gasteiger partial charge in [0.15, 0.2) is 0 Å². The molecule has 1 aliphatic rings. The molecule has 0 aliphatic heterocycles. The first-order chi connectivity index (χ1) is 8.66. The monoisotopic (exact) mass is 244 g/mol. The number of fused-ring (bicyclic) bond motifs is 1. The van der Waals surface area contributed by atoms with E-state index in [0.717, 1.165) is 11.2 Å². The van der Waals surface area contributed by atoms with Gasteiger partial charge in [-0.25, -0.2) is 4.79 Å². The van der Waals surface area contributed by atoms with Crippen LogP contribution < -0.4 is 0 Å². The average Bonchev–Trinajstić information content (AvgIpc) is 2.97. The molecule has 1 saturated carbocycles. The number of carboxylic acid groups (broad SMARTS) is 1. The summed E-state index contributed by atoms with van der Waals surface area (Å²) < 4.78 is 1.82. The van der Waals surface area contributed by atoms with Crippen LogP contribution in [0.15, 0.2) is 18.3 Å². The summed E-state index contributed by atoms with van der Waals surface area (Å²) >= 11 is 0. The molecule has 0 unspecified atom stereocenters. The number of hydrogen-bond acceptors (Lipinski definition) is 2. The molecule has 0 radical (unpaired) electrons. The van der Waals surface area contributed by atoms with Crippen molar-refractivity contribution in [1.29, 1.82) is 0 Å². The summed E-state index contributed by atoms with van der Waals surface area (Å²) in [7, 11) is 1.85. The fraction of sp³-hybridized carbons (Fsp3) is 0.429. The summed E-state index contributed by atoms with van der Waals surface area (Å²) in [5.41, 5.74) is 2.85. The van der Waals surface area contributed by atoms with E-state index < -0.39 is 5.97 Å². The molecule has 0 amide bonds. The van der Waals surface area contributed by atoms with Crippen LogP contribution in [0.4, 0.5) is 0 Å². The lowest BCUT2D eigenvalue weighted by Crippen LogP contribution is -1.99. The summed E-state index contributed by atoms with van der Waals surface area (Å²) in [6, 6.07) is 4.03. The van der Waals surface area contributed by atoms with Gasteiger partial charge in [-0.2, -0.15) is 0 Å². The van der Waals surface area contributed by atoms with Crippen LogP contribution in [0, 0.1) is 0 Å². The maximum Gasteiger partial charge on any atom is 0.339 e. The van der Waals surface area contributed by atoms with Crippen LogP contribution in [0.25, 0.3) is 11.0 Å². The van der Waals surface area contributed by atoms with Gasteiger partial charge in [-0.3, -0.25) is 4.98 Å². The van der Waals surface area contributed by atoms with E-state index in [-0.39, 0.29) is 0 Å². The molecule has 0 spiro atoms. The molecule has 94 valence electrons. The minimum atomic E-state index is -0.906. The van der Waals surface area contributed by atoms with E-state index >= 15 is 0 Å². The Kier molecular flexibility index (Phi) is 2.58. The first-order valence-corrected chi connectivity index (χ1v) is 6.36. The third kappa shape index (κ3) is 1.68. The number of hydrogen-bond donors (Lipinski definition) is 1. The molecule has 0 saturated heterocycles. The Morgan fingerprint density at radius 2 is 2.11 bits per heavy atom. The molecule has 4 heteroatoms. The second-order valence-electron chi connectivity index (χ2n) is 5.04. The molecule has 0 atom stereocenters. The number of carboxylic acids is 1. The highest BCUT2D eigenvalue weighted by molar-refractivity contribution is 6.01. The second-order valence-corrected chi connectivity index (χ2v) is 5.04. The maximum absolute atomic E-state index is 11.2. The second kappa shape index (κ2) is 4.12. The van der Waals surface area contributed by atoms with E-state index in [1.165, 1.54) is 25.7 Å². The van der Waals surface area contributed by atoms with Crippen LogP contribution >= 0.6 is 0 Å². The molecule has 2 heterocycles. The lowest BCUT2D eigenvalue weighted by atomic mass is 10.0. The fourth-order valence-electron chi connectivity index (χ4n) is 2.88. The Morgan fingerprint density at radius 3 is 2.78 bits per heavy atom. The molecule has 1 fully saturated rings. The van der Waals surface area contributed by atoms with Gasteiger partial charge in [0.05, 0.1) is 5.52 Å². The molecule has 2 aromatic rings. The van der Waals surface area contributed by atoms with Gasteiger partial charge in [0.25, 0.3) is 0 Å². The van der Waals surface area contributed by atoms with Crippen LogP contribution in [-0.2, 0) is 7.05 Å². The first kappa shape index (κ1) is 11.3. The highest BCUT2D eigenvalue weighted by atomic mass is 16.4. The molecule has 0 bridgehead atoms. The van der Waals surface area contributed by atoms with Gasteiger partial charge in [0.1, 0.15) is 11.1 Å². The highest BCUT2D eigenvalue weighted by Crippen LogP contribution is 2.34. The van der Waals surface area contributed by atoms with E-state index in [9.17, 15) is 9.90 Å². The molecule has 4 nitrogen and oxygen atoms in total. The molecule has 1 N–H and O–H groups in total. The number of aryl methyl sites for hydroxylation is 1.